The van der Waals surface area contributed by atoms with E-state index >= 15 is 0 Å². The van der Waals surface area contributed by atoms with Crippen LogP contribution < -0.4 is 25.0 Å². The van der Waals surface area contributed by atoms with Crippen molar-refractivity contribution in [3.63, 3.8) is 0 Å². The molecule has 144 valence electrons. The summed E-state index contributed by atoms with van der Waals surface area (Å²) in [4.78, 5) is 12.4. The van der Waals surface area contributed by atoms with Crippen molar-refractivity contribution in [1.82, 2.24) is 5.43 Å². The number of hydrogen-bond donors (Lipinski definition) is 2. The van der Waals surface area contributed by atoms with E-state index in [-0.39, 0.29) is 5.91 Å². The number of benzene rings is 2. The number of amides is 1. The third-order valence-electron chi connectivity index (χ3n) is 4.00. The highest BCUT2D eigenvalue weighted by Crippen LogP contribution is 2.25. The zero-order valence-electron chi connectivity index (χ0n) is 16.2. The predicted molar refractivity (Wildman–Crippen MR) is 106 cm³/mol. The standard InChI is InChI=1S/C20H25N3O4/c1-13(16-11-10-15(25-3)12-19(16)27-5)22-23-20(24)14(2)21-17-8-6-7-9-18(17)26-4/h6-12,14,21H,1-5H3,(H,23,24)/b22-13+. The van der Waals surface area contributed by atoms with Gasteiger partial charge in [-0.05, 0) is 38.1 Å². The first-order chi connectivity index (χ1) is 13.0. The zero-order valence-corrected chi connectivity index (χ0v) is 16.2. The van der Waals surface area contributed by atoms with Gasteiger partial charge in [0.25, 0.3) is 5.91 Å². The molecule has 27 heavy (non-hydrogen) atoms. The van der Waals surface area contributed by atoms with Gasteiger partial charge in [-0.1, -0.05) is 12.1 Å². The Kier molecular flexibility index (Phi) is 7.05. The van der Waals surface area contributed by atoms with Crippen LogP contribution in [0.5, 0.6) is 17.2 Å². The number of nitrogens with zero attached hydrogens (tertiary/aromatic N) is 1. The molecular formula is C20H25N3O4. The average molecular weight is 371 g/mol. The second kappa shape index (κ2) is 9.47. The molecule has 2 rings (SSSR count). The van der Waals surface area contributed by atoms with Crippen molar-refractivity contribution in [2.75, 3.05) is 26.6 Å². The maximum atomic E-state index is 12.4. The number of rotatable bonds is 8. The zero-order chi connectivity index (χ0) is 19.8. The number of hydrogen-bond acceptors (Lipinski definition) is 6. The van der Waals surface area contributed by atoms with Crippen LogP contribution in [0.4, 0.5) is 5.69 Å². The summed E-state index contributed by atoms with van der Waals surface area (Å²) in [5, 5.41) is 7.30. The predicted octanol–water partition coefficient (Wildman–Crippen LogP) is 3.05. The second-order valence-electron chi connectivity index (χ2n) is 5.81. The van der Waals surface area contributed by atoms with Crippen LogP contribution in [0, 0.1) is 0 Å². The molecule has 1 atom stereocenters. The van der Waals surface area contributed by atoms with E-state index in [9.17, 15) is 4.79 Å². The van der Waals surface area contributed by atoms with Gasteiger partial charge < -0.3 is 19.5 Å². The Morgan fingerprint density at radius 1 is 1.00 bits per heavy atom. The van der Waals surface area contributed by atoms with E-state index in [1.165, 1.54) is 0 Å². The van der Waals surface area contributed by atoms with E-state index in [1.807, 2.05) is 36.4 Å². The van der Waals surface area contributed by atoms with Gasteiger partial charge >= 0.3 is 0 Å². The molecule has 1 amide bonds. The van der Waals surface area contributed by atoms with Crippen LogP contribution >= 0.6 is 0 Å². The molecule has 0 saturated heterocycles. The van der Waals surface area contributed by atoms with Gasteiger partial charge in [0.1, 0.15) is 23.3 Å². The Bertz CT molecular complexity index is 821. The van der Waals surface area contributed by atoms with Gasteiger partial charge in [-0.15, -0.1) is 0 Å². The molecule has 2 aromatic rings. The number of para-hydroxylation sites is 2. The van der Waals surface area contributed by atoms with E-state index in [0.717, 1.165) is 11.3 Å². The minimum absolute atomic E-state index is 0.271. The number of carbonyl (C=O) groups is 1. The molecule has 0 saturated carbocycles. The first kappa shape index (κ1) is 20.1. The highest BCUT2D eigenvalue weighted by atomic mass is 16.5. The van der Waals surface area contributed by atoms with Crippen LogP contribution in [0.2, 0.25) is 0 Å². The topological polar surface area (TPSA) is 81.2 Å². The van der Waals surface area contributed by atoms with E-state index in [2.05, 4.69) is 15.8 Å². The Balaban J connectivity index is 2.06. The van der Waals surface area contributed by atoms with Gasteiger partial charge in [-0.25, -0.2) is 5.43 Å². The molecule has 0 fully saturated rings. The van der Waals surface area contributed by atoms with Crippen molar-refractivity contribution < 1.29 is 19.0 Å². The molecule has 7 nitrogen and oxygen atoms in total. The van der Waals surface area contributed by atoms with Gasteiger partial charge in [0, 0.05) is 11.6 Å². The highest BCUT2D eigenvalue weighted by Gasteiger charge is 2.15. The van der Waals surface area contributed by atoms with E-state index < -0.39 is 6.04 Å². The SMILES string of the molecule is COc1ccc(/C(C)=N/NC(=O)C(C)Nc2ccccc2OC)c(OC)c1. The van der Waals surface area contributed by atoms with Crippen LogP contribution in [0.1, 0.15) is 19.4 Å². The summed E-state index contributed by atoms with van der Waals surface area (Å²) < 4.78 is 15.8. The van der Waals surface area contributed by atoms with Crippen molar-refractivity contribution in [3.8, 4) is 17.2 Å². The smallest absolute Gasteiger partial charge is 0.262 e. The minimum atomic E-state index is -0.504. The first-order valence-electron chi connectivity index (χ1n) is 8.46. The summed E-state index contributed by atoms with van der Waals surface area (Å²) in [5.41, 5.74) is 4.70. The summed E-state index contributed by atoms with van der Waals surface area (Å²) in [6.07, 6.45) is 0. The quantitative estimate of drug-likeness (QED) is 0.551. The van der Waals surface area contributed by atoms with Gasteiger partial charge in [-0.3, -0.25) is 4.79 Å². The maximum absolute atomic E-state index is 12.4. The third kappa shape index (κ3) is 5.13. The molecule has 0 aromatic heterocycles. The second-order valence-corrected chi connectivity index (χ2v) is 5.81. The van der Waals surface area contributed by atoms with Crippen LogP contribution in [0.15, 0.2) is 47.6 Å². The fraction of sp³-hybridized carbons (Fsp3) is 0.300. The van der Waals surface area contributed by atoms with Crippen LogP contribution in [0.3, 0.4) is 0 Å². The Morgan fingerprint density at radius 3 is 2.37 bits per heavy atom. The summed E-state index contributed by atoms with van der Waals surface area (Å²) >= 11 is 0. The minimum Gasteiger partial charge on any atom is -0.497 e. The Hall–Kier alpha value is -3.22. The number of carbonyl (C=O) groups excluding carboxylic acids is 1. The summed E-state index contributed by atoms with van der Waals surface area (Å²) in [7, 11) is 4.75. The Morgan fingerprint density at radius 2 is 1.70 bits per heavy atom. The molecule has 0 aliphatic rings. The van der Waals surface area contributed by atoms with E-state index in [0.29, 0.717) is 23.0 Å². The molecule has 0 radical (unpaired) electrons. The van der Waals surface area contributed by atoms with Gasteiger partial charge in [0.2, 0.25) is 0 Å². The van der Waals surface area contributed by atoms with Gasteiger partial charge in [-0.2, -0.15) is 5.10 Å². The van der Waals surface area contributed by atoms with Crippen molar-refractivity contribution in [1.29, 1.82) is 0 Å². The van der Waals surface area contributed by atoms with Crippen LogP contribution in [0.25, 0.3) is 0 Å². The molecule has 0 spiro atoms. The van der Waals surface area contributed by atoms with Crippen molar-refractivity contribution in [2.45, 2.75) is 19.9 Å². The van der Waals surface area contributed by atoms with Crippen LogP contribution in [-0.4, -0.2) is 39.0 Å². The average Bonchev–Trinajstić information content (AvgIpc) is 2.71. The van der Waals surface area contributed by atoms with Gasteiger partial charge in [0.05, 0.1) is 32.7 Å². The molecule has 0 bridgehead atoms. The number of methoxy groups -OCH3 is 3. The summed E-state index contributed by atoms with van der Waals surface area (Å²) in [5.74, 6) is 1.69. The molecule has 2 aromatic carbocycles. The van der Waals surface area contributed by atoms with Crippen molar-refractivity contribution >= 4 is 17.3 Å². The molecule has 2 N–H and O–H groups in total. The third-order valence-corrected chi connectivity index (χ3v) is 4.00. The molecular weight excluding hydrogens is 346 g/mol. The largest absolute Gasteiger partial charge is 0.497 e. The molecule has 0 aliphatic carbocycles. The number of anilines is 1. The normalized spacial score (nSPS) is 12.1. The lowest BCUT2D eigenvalue weighted by Crippen LogP contribution is -2.35. The van der Waals surface area contributed by atoms with E-state index in [4.69, 9.17) is 14.2 Å². The lowest BCUT2D eigenvalue weighted by molar-refractivity contribution is -0.121. The fourth-order valence-electron chi connectivity index (χ4n) is 2.46. The molecule has 0 heterocycles. The summed E-state index contributed by atoms with van der Waals surface area (Å²) in [6.45, 7) is 3.55. The maximum Gasteiger partial charge on any atom is 0.262 e. The molecule has 0 aliphatic heterocycles. The van der Waals surface area contributed by atoms with Crippen molar-refractivity contribution in [3.05, 3.63) is 48.0 Å². The van der Waals surface area contributed by atoms with Crippen molar-refractivity contribution in [2.24, 2.45) is 5.10 Å². The van der Waals surface area contributed by atoms with E-state index in [1.54, 1.807) is 41.2 Å². The van der Waals surface area contributed by atoms with Crippen LogP contribution in [-0.2, 0) is 4.79 Å². The Labute approximate surface area is 159 Å². The highest BCUT2D eigenvalue weighted by molar-refractivity contribution is 6.02. The lowest BCUT2D eigenvalue weighted by atomic mass is 10.1. The number of ether oxygens (including phenoxy) is 3. The number of hydrazone groups is 1. The summed E-state index contributed by atoms with van der Waals surface area (Å²) in [6, 6.07) is 12.3. The van der Waals surface area contributed by atoms with Gasteiger partial charge in [0.15, 0.2) is 0 Å². The molecule has 7 heteroatoms. The number of nitrogens with one attached hydrogen (secondary N) is 2. The monoisotopic (exact) mass is 371 g/mol. The molecule has 1 unspecified atom stereocenters. The fourth-order valence-corrected chi connectivity index (χ4v) is 2.46. The lowest BCUT2D eigenvalue weighted by Gasteiger charge is -2.16. The first-order valence-corrected chi connectivity index (χ1v) is 8.46.